The first-order valence-corrected chi connectivity index (χ1v) is 10.2. The van der Waals surface area contributed by atoms with Crippen LogP contribution in [0.5, 0.6) is 0 Å². The molecule has 0 aliphatic carbocycles. The first kappa shape index (κ1) is 26.6. The van der Waals surface area contributed by atoms with Crippen molar-refractivity contribution in [2.45, 2.75) is 97.0 Å². The zero-order chi connectivity index (χ0) is 19.4. The van der Waals surface area contributed by atoms with Gasteiger partial charge in [-0.2, -0.15) is 0 Å². The van der Waals surface area contributed by atoms with E-state index in [1.165, 1.54) is 51.4 Å². The molecule has 1 heterocycles. The van der Waals surface area contributed by atoms with Gasteiger partial charge in [-0.05, 0) is 12.3 Å². The van der Waals surface area contributed by atoms with Gasteiger partial charge in [0.05, 0.1) is 24.2 Å². The predicted octanol–water partition coefficient (Wildman–Crippen LogP) is 0.429. The number of rotatable bonds is 15. The molecule has 0 saturated heterocycles. The molecule has 0 aromatic rings. The molecule has 1 unspecified atom stereocenters. The van der Waals surface area contributed by atoms with E-state index in [2.05, 4.69) is 18.6 Å². The second-order valence-corrected chi connectivity index (χ2v) is 7.71. The number of unbranched alkanes of at least 4 members (excludes halogenated alkanes) is 9. The largest absolute Gasteiger partial charge is 1.00 e. The molecule has 0 aromatic carbocycles. The van der Waals surface area contributed by atoms with Gasteiger partial charge in [0, 0.05) is 6.42 Å². The predicted molar refractivity (Wildman–Crippen MR) is 99.2 cm³/mol. The molecule has 0 spiro atoms. The number of Topliss-reactive ketones (excluding diaryl/α,β-unsaturated/α-hetero) is 2. The van der Waals surface area contributed by atoms with Gasteiger partial charge < -0.3 is 14.9 Å². The summed E-state index contributed by atoms with van der Waals surface area (Å²) in [6, 6.07) is 0. The molecule has 27 heavy (non-hydrogen) atoms. The SMILES string of the molecule is CC(C)CCCCCCCCCCCCC(=O)C1=C([O-])OC(CO)C1=O.[Na+]. The normalized spacial score (nSPS) is 16.6. The standard InChI is InChI=1S/C21H36O5.Na/c1-16(2)13-11-9-7-5-3-4-6-8-10-12-14-17(23)19-20(24)18(15-22)26-21(19)25;/h16,18,22,25H,3-15H2,1-2H3;/q;+1/p-1. The number of aliphatic hydroxyl groups excluding tert-OH is 1. The van der Waals surface area contributed by atoms with Gasteiger partial charge in [0.1, 0.15) is 0 Å². The van der Waals surface area contributed by atoms with Crippen LogP contribution in [0.15, 0.2) is 11.5 Å². The summed E-state index contributed by atoms with van der Waals surface area (Å²) in [5.74, 6) is -1.19. The summed E-state index contributed by atoms with van der Waals surface area (Å²) in [6.07, 6.45) is 12.1. The van der Waals surface area contributed by atoms with Crippen molar-refractivity contribution in [3.05, 3.63) is 11.5 Å². The third-order valence-electron chi connectivity index (χ3n) is 4.87. The molecule has 150 valence electrons. The van der Waals surface area contributed by atoms with Gasteiger partial charge in [-0.3, -0.25) is 9.59 Å². The number of carbonyl (C=O) groups is 2. The molecule has 0 radical (unpaired) electrons. The van der Waals surface area contributed by atoms with Crippen molar-refractivity contribution in [1.82, 2.24) is 0 Å². The quantitative estimate of drug-likeness (QED) is 0.249. The topological polar surface area (TPSA) is 86.7 Å². The number of aliphatic hydroxyl groups is 1. The van der Waals surface area contributed by atoms with Crippen LogP contribution in [0.1, 0.15) is 90.9 Å². The Morgan fingerprint density at radius 3 is 1.93 bits per heavy atom. The summed E-state index contributed by atoms with van der Waals surface area (Å²) in [7, 11) is 0. The van der Waals surface area contributed by atoms with E-state index in [1.54, 1.807) is 0 Å². The smallest absolute Gasteiger partial charge is 0.599 e. The van der Waals surface area contributed by atoms with Crippen LogP contribution >= 0.6 is 0 Å². The van der Waals surface area contributed by atoms with E-state index < -0.39 is 30.2 Å². The fraction of sp³-hybridized carbons (Fsp3) is 0.810. The molecule has 0 aromatic heterocycles. The molecule has 1 rings (SSSR count). The molecule has 0 fully saturated rings. The van der Waals surface area contributed by atoms with Crippen LogP contribution in [0.2, 0.25) is 0 Å². The summed E-state index contributed by atoms with van der Waals surface area (Å²) < 4.78 is 4.68. The van der Waals surface area contributed by atoms with Gasteiger partial charge >= 0.3 is 29.6 Å². The molecular weight excluding hydrogens is 355 g/mol. The average molecular weight is 390 g/mol. The van der Waals surface area contributed by atoms with Crippen LogP contribution < -0.4 is 34.7 Å². The van der Waals surface area contributed by atoms with E-state index >= 15 is 0 Å². The summed E-state index contributed by atoms with van der Waals surface area (Å²) >= 11 is 0. The molecule has 5 nitrogen and oxygen atoms in total. The molecule has 1 atom stereocenters. The van der Waals surface area contributed by atoms with E-state index in [0.29, 0.717) is 6.42 Å². The minimum atomic E-state index is -1.19. The van der Waals surface area contributed by atoms with Gasteiger partial charge in [0.15, 0.2) is 11.6 Å². The number of hydrogen-bond acceptors (Lipinski definition) is 5. The van der Waals surface area contributed by atoms with Crippen LogP contribution in [0.4, 0.5) is 0 Å². The summed E-state index contributed by atoms with van der Waals surface area (Å²) in [5, 5.41) is 20.4. The van der Waals surface area contributed by atoms with Gasteiger partial charge in [0.2, 0.25) is 0 Å². The average Bonchev–Trinajstić information content (AvgIpc) is 2.89. The number of ether oxygens (including phenoxy) is 1. The molecule has 6 heteroatoms. The van der Waals surface area contributed by atoms with E-state index in [-0.39, 0.29) is 41.6 Å². The fourth-order valence-electron chi connectivity index (χ4n) is 3.25. The van der Waals surface area contributed by atoms with Crippen LogP contribution in [0.3, 0.4) is 0 Å². The van der Waals surface area contributed by atoms with E-state index in [0.717, 1.165) is 18.8 Å². The molecule has 1 aliphatic heterocycles. The third-order valence-corrected chi connectivity index (χ3v) is 4.87. The maximum Gasteiger partial charge on any atom is 1.00 e. The maximum atomic E-state index is 12.0. The Morgan fingerprint density at radius 1 is 1.00 bits per heavy atom. The molecule has 1 N–H and O–H groups in total. The van der Waals surface area contributed by atoms with Crippen molar-refractivity contribution in [3.63, 3.8) is 0 Å². The summed E-state index contributed by atoms with van der Waals surface area (Å²) in [6.45, 7) is 3.98. The van der Waals surface area contributed by atoms with Crippen molar-refractivity contribution in [3.8, 4) is 0 Å². The van der Waals surface area contributed by atoms with Gasteiger partial charge in [-0.25, -0.2) is 0 Å². The van der Waals surface area contributed by atoms with Crippen LogP contribution in [0.25, 0.3) is 0 Å². The second kappa shape index (κ2) is 15.5. The Kier molecular flexibility index (Phi) is 15.3. The van der Waals surface area contributed by atoms with Crippen molar-refractivity contribution < 1.29 is 54.1 Å². The Hall–Kier alpha value is -0.360. The van der Waals surface area contributed by atoms with E-state index in [4.69, 9.17) is 5.11 Å². The Bertz CT molecular complexity index is 473. The molecule has 1 aliphatic rings. The first-order chi connectivity index (χ1) is 12.5. The van der Waals surface area contributed by atoms with Crippen molar-refractivity contribution >= 4 is 11.6 Å². The monoisotopic (exact) mass is 390 g/mol. The number of hydrogen-bond donors (Lipinski definition) is 1. The van der Waals surface area contributed by atoms with Crippen molar-refractivity contribution in [2.75, 3.05) is 6.61 Å². The second-order valence-electron chi connectivity index (χ2n) is 7.71. The van der Waals surface area contributed by atoms with E-state index in [9.17, 15) is 14.7 Å². The zero-order valence-electron chi connectivity index (χ0n) is 17.4. The number of carbonyl (C=O) groups excluding carboxylic acids is 2. The van der Waals surface area contributed by atoms with Gasteiger partial charge in [0.25, 0.3) is 0 Å². The minimum absolute atomic E-state index is 0. The molecule has 0 saturated carbocycles. The zero-order valence-corrected chi connectivity index (χ0v) is 19.4. The first-order valence-electron chi connectivity index (χ1n) is 10.2. The van der Waals surface area contributed by atoms with Crippen molar-refractivity contribution in [1.29, 1.82) is 0 Å². The summed E-state index contributed by atoms with van der Waals surface area (Å²) in [4.78, 5) is 23.7. The van der Waals surface area contributed by atoms with Gasteiger partial charge in [-0.1, -0.05) is 78.1 Å². The Labute approximate surface area is 186 Å². The molecule has 0 bridgehead atoms. The van der Waals surface area contributed by atoms with Gasteiger partial charge in [-0.15, -0.1) is 0 Å². The third kappa shape index (κ3) is 10.7. The van der Waals surface area contributed by atoms with Crippen LogP contribution in [0, 0.1) is 5.92 Å². The molecule has 0 amide bonds. The fourth-order valence-corrected chi connectivity index (χ4v) is 3.25. The molecular formula is C21H35NaO5. The minimum Gasteiger partial charge on any atom is -0.599 e. The van der Waals surface area contributed by atoms with Crippen molar-refractivity contribution in [2.24, 2.45) is 5.92 Å². The number of ketones is 2. The van der Waals surface area contributed by atoms with Crippen LogP contribution in [-0.2, 0) is 14.3 Å². The summed E-state index contributed by atoms with van der Waals surface area (Å²) in [5.41, 5.74) is -0.387. The van der Waals surface area contributed by atoms with E-state index in [1.807, 2.05) is 0 Å². The Morgan fingerprint density at radius 2 is 1.48 bits per heavy atom. The van der Waals surface area contributed by atoms with Crippen LogP contribution in [-0.4, -0.2) is 29.4 Å². The Balaban J connectivity index is 0.00000676. The maximum absolute atomic E-state index is 12.0.